The fourth-order valence-corrected chi connectivity index (χ4v) is 3.10. The summed E-state index contributed by atoms with van der Waals surface area (Å²) in [5, 5.41) is 14.5. The van der Waals surface area contributed by atoms with Crippen molar-refractivity contribution in [2.24, 2.45) is 0 Å². The van der Waals surface area contributed by atoms with E-state index < -0.39 is 4.92 Å². The van der Waals surface area contributed by atoms with E-state index in [9.17, 15) is 10.1 Å². The van der Waals surface area contributed by atoms with Crippen LogP contribution in [0.4, 0.5) is 23.1 Å². The number of benzene rings is 1. The molecule has 9 nitrogen and oxygen atoms in total. The fraction of sp³-hybridized carbons (Fsp3) is 0.188. The Morgan fingerprint density at radius 1 is 1.27 bits per heavy atom. The zero-order chi connectivity index (χ0) is 18.1. The van der Waals surface area contributed by atoms with E-state index >= 15 is 0 Å². The van der Waals surface area contributed by atoms with Crippen LogP contribution >= 0.6 is 15.9 Å². The molecule has 3 aromatic rings. The Labute approximate surface area is 156 Å². The summed E-state index contributed by atoms with van der Waals surface area (Å²) in [6, 6.07) is 7.51. The number of nitrogens with one attached hydrogen (secondary N) is 2. The highest BCUT2D eigenvalue weighted by molar-refractivity contribution is 9.10. The summed E-state index contributed by atoms with van der Waals surface area (Å²) >= 11 is 3.38. The lowest BCUT2D eigenvalue weighted by molar-refractivity contribution is -0.384. The molecule has 1 aliphatic heterocycles. The summed E-state index contributed by atoms with van der Waals surface area (Å²) in [4.78, 5) is 28.7. The van der Waals surface area contributed by atoms with Gasteiger partial charge in [0.25, 0.3) is 0 Å². The number of hydrogen-bond donors (Lipinski definition) is 2. The third kappa shape index (κ3) is 3.23. The first-order valence-electron chi connectivity index (χ1n) is 7.90. The average Bonchev–Trinajstić information content (AvgIpc) is 3.11. The van der Waals surface area contributed by atoms with Gasteiger partial charge in [0.15, 0.2) is 0 Å². The van der Waals surface area contributed by atoms with Gasteiger partial charge < -0.3 is 15.2 Å². The Balaban J connectivity index is 1.65. The molecule has 2 aromatic heterocycles. The van der Waals surface area contributed by atoms with E-state index in [1.165, 1.54) is 6.20 Å². The van der Waals surface area contributed by atoms with Crippen molar-refractivity contribution >= 4 is 39.1 Å². The van der Waals surface area contributed by atoms with Gasteiger partial charge in [-0.3, -0.25) is 10.1 Å². The number of fused-ring (bicyclic) bond motifs is 1. The second-order valence-electron chi connectivity index (χ2n) is 5.79. The molecule has 0 atom stereocenters. The first kappa shape index (κ1) is 16.5. The minimum atomic E-state index is -0.460. The third-order valence-electron chi connectivity index (χ3n) is 4.13. The monoisotopic (exact) mass is 415 g/mol. The maximum absolute atomic E-state index is 11.4. The predicted molar refractivity (Wildman–Crippen MR) is 99.5 cm³/mol. The normalized spacial score (nSPS) is 13.3. The molecular formula is C16H14BrN7O2. The number of aromatic nitrogens is 4. The van der Waals surface area contributed by atoms with Gasteiger partial charge in [-0.2, -0.15) is 4.98 Å². The lowest BCUT2D eigenvalue weighted by Crippen LogP contribution is -2.32. The van der Waals surface area contributed by atoms with Crippen LogP contribution in [0.3, 0.4) is 0 Å². The summed E-state index contributed by atoms with van der Waals surface area (Å²) in [5.74, 6) is 0.596. The number of imidazole rings is 1. The SMILES string of the molecule is O=[N+]([O-])c1cnc(Nc2ccc(Br)cc2)nc1N1CCc2[nH]cnc2C1. The fourth-order valence-electron chi connectivity index (χ4n) is 2.84. The second-order valence-corrected chi connectivity index (χ2v) is 6.71. The smallest absolute Gasteiger partial charge is 0.329 e. The van der Waals surface area contributed by atoms with Crippen LogP contribution < -0.4 is 10.2 Å². The first-order valence-corrected chi connectivity index (χ1v) is 8.69. The molecule has 0 bridgehead atoms. The minimum absolute atomic E-state index is 0.120. The van der Waals surface area contributed by atoms with E-state index in [1.807, 2.05) is 29.2 Å². The van der Waals surface area contributed by atoms with E-state index in [-0.39, 0.29) is 5.69 Å². The lowest BCUT2D eigenvalue weighted by atomic mass is 10.1. The number of aromatic amines is 1. The predicted octanol–water partition coefficient (Wildman–Crippen LogP) is 3.18. The number of nitro groups is 1. The molecule has 3 heterocycles. The Kier molecular flexibility index (Phi) is 4.25. The Bertz CT molecular complexity index is 957. The summed E-state index contributed by atoms with van der Waals surface area (Å²) in [6.07, 6.45) is 3.61. The molecule has 26 heavy (non-hydrogen) atoms. The van der Waals surface area contributed by atoms with Crippen molar-refractivity contribution in [1.82, 2.24) is 19.9 Å². The molecular weight excluding hydrogens is 402 g/mol. The maximum atomic E-state index is 11.4. The van der Waals surface area contributed by atoms with E-state index in [2.05, 4.69) is 41.2 Å². The van der Waals surface area contributed by atoms with Crippen LogP contribution in [0.2, 0.25) is 0 Å². The molecule has 0 fully saturated rings. The van der Waals surface area contributed by atoms with Crippen molar-refractivity contribution in [1.29, 1.82) is 0 Å². The molecule has 0 amide bonds. The highest BCUT2D eigenvalue weighted by Gasteiger charge is 2.27. The van der Waals surface area contributed by atoms with Crippen molar-refractivity contribution in [2.75, 3.05) is 16.8 Å². The standard InChI is InChI=1S/C16H14BrN7O2/c17-10-1-3-11(4-2-10)21-16-18-7-14(24(25)26)15(22-16)23-6-5-12-13(8-23)20-9-19-12/h1-4,7,9H,5-6,8H2,(H,19,20)(H,18,21,22). The van der Waals surface area contributed by atoms with Gasteiger partial charge in [-0.05, 0) is 24.3 Å². The maximum Gasteiger partial charge on any atom is 0.329 e. The first-order chi connectivity index (χ1) is 12.6. The molecule has 0 saturated carbocycles. The summed E-state index contributed by atoms with van der Waals surface area (Å²) < 4.78 is 0.955. The number of hydrogen-bond acceptors (Lipinski definition) is 7. The highest BCUT2D eigenvalue weighted by atomic mass is 79.9. The van der Waals surface area contributed by atoms with E-state index in [1.54, 1.807) is 6.33 Å². The second kappa shape index (κ2) is 6.71. The molecule has 0 spiro atoms. The van der Waals surface area contributed by atoms with Crippen LogP contribution in [0.25, 0.3) is 0 Å². The molecule has 10 heteroatoms. The van der Waals surface area contributed by atoms with Gasteiger partial charge in [0, 0.05) is 28.8 Å². The summed E-state index contributed by atoms with van der Waals surface area (Å²) in [6.45, 7) is 1.08. The zero-order valence-corrected chi connectivity index (χ0v) is 15.1. The quantitative estimate of drug-likeness (QED) is 0.496. The topological polar surface area (TPSA) is 113 Å². The van der Waals surface area contributed by atoms with Gasteiger partial charge in [0.1, 0.15) is 6.20 Å². The van der Waals surface area contributed by atoms with Crippen molar-refractivity contribution < 1.29 is 4.92 Å². The molecule has 0 saturated heterocycles. The Morgan fingerprint density at radius 3 is 2.85 bits per heavy atom. The molecule has 2 N–H and O–H groups in total. The van der Waals surface area contributed by atoms with E-state index in [0.717, 1.165) is 28.0 Å². The highest BCUT2D eigenvalue weighted by Crippen LogP contribution is 2.30. The average molecular weight is 416 g/mol. The lowest BCUT2D eigenvalue weighted by Gasteiger charge is -2.26. The largest absolute Gasteiger partial charge is 0.348 e. The van der Waals surface area contributed by atoms with Crippen LogP contribution in [0.1, 0.15) is 11.4 Å². The van der Waals surface area contributed by atoms with Crippen molar-refractivity contribution in [2.45, 2.75) is 13.0 Å². The minimum Gasteiger partial charge on any atom is -0.348 e. The van der Waals surface area contributed by atoms with Gasteiger partial charge in [-0.15, -0.1) is 0 Å². The molecule has 132 valence electrons. The molecule has 0 aliphatic carbocycles. The molecule has 0 radical (unpaired) electrons. The molecule has 0 unspecified atom stereocenters. The number of anilines is 3. The summed E-state index contributed by atoms with van der Waals surface area (Å²) in [7, 11) is 0. The molecule has 1 aliphatic rings. The van der Waals surface area contributed by atoms with E-state index in [0.29, 0.717) is 24.9 Å². The third-order valence-corrected chi connectivity index (χ3v) is 4.66. The Hall–Kier alpha value is -3.01. The van der Waals surface area contributed by atoms with Crippen molar-refractivity contribution in [3.63, 3.8) is 0 Å². The van der Waals surface area contributed by atoms with Crippen LogP contribution in [0.15, 0.2) is 41.3 Å². The number of halogens is 1. The van der Waals surface area contributed by atoms with Crippen molar-refractivity contribution in [3.05, 3.63) is 62.8 Å². The van der Waals surface area contributed by atoms with Gasteiger partial charge in [-0.25, -0.2) is 9.97 Å². The Morgan fingerprint density at radius 2 is 2.08 bits per heavy atom. The summed E-state index contributed by atoms with van der Waals surface area (Å²) in [5.41, 5.74) is 2.62. The van der Waals surface area contributed by atoms with Crippen LogP contribution in [0.5, 0.6) is 0 Å². The zero-order valence-electron chi connectivity index (χ0n) is 13.5. The molecule has 1 aromatic carbocycles. The number of H-pyrrole nitrogens is 1. The van der Waals surface area contributed by atoms with E-state index in [4.69, 9.17) is 0 Å². The van der Waals surface area contributed by atoms with Crippen molar-refractivity contribution in [3.8, 4) is 0 Å². The van der Waals surface area contributed by atoms with Crippen LogP contribution in [-0.4, -0.2) is 31.4 Å². The van der Waals surface area contributed by atoms with Gasteiger partial charge in [0.2, 0.25) is 11.8 Å². The van der Waals surface area contributed by atoms with Crippen LogP contribution in [0, 0.1) is 10.1 Å². The van der Waals surface area contributed by atoms with Gasteiger partial charge >= 0.3 is 5.69 Å². The number of rotatable bonds is 4. The molecule has 4 rings (SSSR count). The van der Waals surface area contributed by atoms with Gasteiger partial charge in [-0.1, -0.05) is 15.9 Å². The van der Waals surface area contributed by atoms with Crippen LogP contribution in [-0.2, 0) is 13.0 Å². The van der Waals surface area contributed by atoms with Gasteiger partial charge in [0.05, 0.1) is 23.5 Å². The number of nitrogens with zero attached hydrogens (tertiary/aromatic N) is 5.